The van der Waals surface area contributed by atoms with Gasteiger partial charge in [0.25, 0.3) is 0 Å². The Morgan fingerprint density at radius 1 is 1.23 bits per heavy atom. The van der Waals surface area contributed by atoms with Crippen molar-refractivity contribution in [2.24, 2.45) is 5.92 Å². The SMILES string of the molecule is CC(C)Cc1ccc([C@@H](NC(=O)CN2CSCC2=O)c2cccs2)cc1. The van der Waals surface area contributed by atoms with Gasteiger partial charge in [-0.2, -0.15) is 0 Å². The molecule has 0 aliphatic carbocycles. The van der Waals surface area contributed by atoms with Gasteiger partial charge in [-0.05, 0) is 34.9 Å². The van der Waals surface area contributed by atoms with Crippen LogP contribution in [0.25, 0.3) is 0 Å². The minimum atomic E-state index is -0.180. The first-order valence-corrected chi connectivity index (χ1v) is 10.8. The molecule has 1 atom stereocenters. The predicted octanol–water partition coefficient (Wildman–Crippen LogP) is 3.69. The second kappa shape index (κ2) is 8.73. The van der Waals surface area contributed by atoms with Gasteiger partial charge in [0.2, 0.25) is 11.8 Å². The average molecular weight is 389 g/mol. The first kappa shape index (κ1) is 19.0. The van der Waals surface area contributed by atoms with E-state index in [4.69, 9.17) is 0 Å². The third kappa shape index (κ3) is 4.89. The number of thioether (sulfide) groups is 1. The fourth-order valence-corrected chi connectivity index (χ4v) is 4.72. The number of carbonyl (C=O) groups excluding carboxylic acids is 2. The Labute approximate surface area is 163 Å². The lowest BCUT2D eigenvalue weighted by atomic mass is 9.99. The average Bonchev–Trinajstić information content (AvgIpc) is 3.26. The van der Waals surface area contributed by atoms with E-state index >= 15 is 0 Å². The fourth-order valence-electron chi connectivity index (χ4n) is 3.01. The topological polar surface area (TPSA) is 49.4 Å². The number of rotatable bonds is 7. The Hall–Kier alpha value is -1.79. The standard InChI is InChI=1S/C20H24N2O2S2/c1-14(2)10-15-5-7-16(8-6-15)20(17-4-3-9-26-17)21-18(23)11-22-13-25-12-19(22)24/h3-9,14,20H,10-13H2,1-2H3,(H,21,23)/t20-/m1/s1. The smallest absolute Gasteiger partial charge is 0.240 e. The van der Waals surface area contributed by atoms with E-state index in [1.807, 2.05) is 17.5 Å². The summed E-state index contributed by atoms with van der Waals surface area (Å²) >= 11 is 3.18. The van der Waals surface area contributed by atoms with Crippen molar-refractivity contribution in [3.8, 4) is 0 Å². The van der Waals surface area contributed by atoms with Gasteiger partial charge in [-0.25, -0.2) is 0 Å². The Bertz CT molecular complexity index is 742. The van der Waals surface area contributed by atoms with Crippen molar-refractivity contribution in [2.75, 3.05) is 18.2 Å². The summed E-state index contributed by atoms with van der Waals surface area (Å²) < 4.78 is 0. The van der Waals surface area contributed by atoms with Crippen molar-refractivity contribution in [3.05, 3.63) is 57.8 Å². The van der Waals surface area contributed by atoms with Crippen molar-refractivity contribution < 1.29 is 9.59 Å². The third-order valence-electron chi connectivity index (χ3n) is 4.25. The Balaban J connectivity index is 1.73. The lowest BCUT2D eigenvalue weighted by Gasteiger charge is -2.21. The van der Waals surface area contributed by atoms with Crippen LogP contribution in [0.4, 0.5) is 0 Å². The van der Waals surface area contributed by atoms with Crippen LogP contribution in [0.1, 0.15) is 35.9 Å². The number of thiophene rings is 1. The molecule has 0 unspecified atom stereocenters. The minimum absolute atomic E-state index is 0.0378. The van der Waals surface area contributed by atoms with Crippen LogP contribution >= 0.6 is 23.1 Å². The quantitative estimate of drug-likeness (QED) is 0.787. The van der Waals surface area contributed by atoms with Gasteiger partial charge in [0, 0.05) is 4.88 Å². The largest absolute Gasteiger partial charge is 0.343 e. The highest BCUT2D eigenvalue weighted by Crippen LogP contribution is 2.27. The molecule has 0 spiro atoms. The van der Waals surface area contributed by atoms with Crippen molar-refractivity contribution in [1.82, 2.24) is 10.2 Å². The molecule has 1 saturated heterocycles. The predicted molar refractivity (Wildman–Crippen MR) is 108 cm³/mol. The van der Waals surface area contributed by atoms with Crippen LogP contribution in [-0.2, 0) is 16.0 Å². The molecule has 0 radical (unpaired) electrons. The van der Waals surface area contributed by atoms with Gasteiger partial charge in [-0.1, -0.05) is 44.2 Å². The zero-order chi connectivity index (χ0) is 18.5. The van der Waals surface area contributed by atoms with Gasteiger partial charge in [-0.15, -0.1) is 23.1 Å². The van der Waals surface area contributed by atoms with Gasteiger partial charge in [0.05, 0.1) is 17.7 Å². The van der Waals surface area contributed by atoms with Crippen molar-refractivity contribution in [1.29, 1.82) is 0 Å². The van der Waals surface area contributed by atoms with Crippen molar-refractivity contribution in [3.63, 3.8) is 0 Å². The zero-order valence-corrected chi connectivity index (χ0v) is 16.7. The van der Waals surface area contributed by atoms with Gasteiger partial charge in [-0.3, -0.25) is 9.59 Å². The molecule has 1 aromatic carbocycles. The summed E-state index contributed by atoms with van der Waals surface area (Å²) in [5, 5.41) is 5.13. The van der Waals surface area contributed by atoms with Crippen LogP contribution in [0, 0.1) is 5.92 Å². The van der Waals surface area contributed by atoms with E-state index in [-0.39, 0.29) is 24.4 Å². The maximum atomic E-state index is 12.5. The lowest BCUT2D eigenvalue weighted by molar-refractivity contribution is -0.132. The molecule has 2 heterocycles. The van der Waals surface area contributed by atoms with Crippen LogP contribution in [0.2, 0.25) is 0 Å². The number of hydrogen-bond donors (Lipinski definition) is 1. The monoisotopic (exact) mass is 388 g/mol. The van der Waals surface area contributed by atoms with Crippen LogP contribution < -0.4 is 5.32 Å². The van der Waals surface area contributed by atoms with E-state index in [0.717, 1.165) is 16.9 Å². The summed E-state index contributed by atoms with van der Waals surface area (Å²) in [7, 11) is 0. The fraction of sp³-hybridized carbons (Fsp3) is 0.400. The molecule has 1 N–H and O–H groups in total. The molecule has 2 amide bonds. The van der Waals surface area contributed by atoms with E-state index in [2.05, 4.69) is 43.4 Å². The maximum absolute atomic E-state index is 12.5. The minimum Gasteiger partial charge on any atom is -0.343 e. The van der Waals surface area contributed by atoms with Crippen LogP contribution in [0.15, 0.2) is 41.8 Å². The molecule has 6 heteroatoms. The Morgan fingerprint density at radius 3 is 2.58 bits per heavy atom. The third-order valence-corrected chi connectivity index (χ3v) is 6.13. The number of nitrogens with one attached hydrogen (secondary N) is 1. The highest BCUT2D eigenvalue weighted by atomic mass is 32.2. The second-order valence-corrected chi connectivity index (χ2v) is 8.86. The van der Waals surface area contributed by atoms with Gasteiger partial charge < -0.3 is 10.2 Å². The molecule has 2 aromatic rings. The number of hydrogen-bond acceptors (Lipinski definition) is 4. The van der Waals surface area contributed by atoms with Gasteiger partial charge in [0.1, 0.15) is 6.54 Å². The van der Waals surface area contributed by atoms with Crippen LogP contribution in [-0.4, -0.2) is 34.9 Å². The summed E-state index contributed by atoms with van der Waals surface area (Å²) in [6.07, 6.45) is 1.05. The molecule has 0 saturated carbocycles. The highest BCUT2D eigenvalue weighted by molar-refractivity contribution is 8.00. The molecule has 1 aliphatic rings. The lowest BCUT2D eigenvalue weighted by Crippen LogP contribution is -2.39. The van der Waals surface area contributed by atoms with E-state index in [1.54, 1.807) is 28.0 Å². The van der Waals surface area contributed by atoms with Crippen LogP contribution in [0.5, 0.6) is 0 Å². The number of nitrogens with zero attached hydrogens (tertiary/aromatic N) is 1. The second-order valence-electron chi connectivity index (χ2n) is 6.92. The summed E-state index contributed by atoms with van der Waals surface area (Å²) in [4.78, 5) is 27.0. The first-order chi connectivity index (χ1) is 12.5. The van der Waals surface area contributed by atoms with E-state index in [1.165, 1.54) is 5.56 Å². The van der Waals surface area contributed by atoms with Gasteiger partial charge in [0.15, 0.2) is 0 Å². The maximum Gasteiger partial charge on any atom is 0.240 e. The molecule has 26 heavy (non-hydrogen) atoms. The molecule has 1 aromatic heterocycles. The molecule has 138 valence electrons. The zero-order valence-electron chi connectivity index (χ0n) is 15.1. The molecule has 1 aliphatic heterocycles. The van der Waals surface area contributed by atoms with Crippen LogP contribution in [0.3, 0.4) is 0 Å². The highest BCUT2D eigenvalue weighted by Gasteiger charge is 2.25. The molecule has 1 fully saturated rings. The van der Waals surface area contributed by atoms with Crippen molar-refractivity contribution in [2.45, 2.75) is 26.3 Å². The summed E-state index contributed by atoms with van der Waals surface area (Å²) in [6.45, 7) is 4.54. The normalized spacial score (nSPS) is 15.5. The van der Waals surface area contributed by atoms with Crippen molar-refractivity contribution >= 4 is 34.9 Å². The van der Waals surface area contributed by atoms with Gasteiger partial charge >= 0.3 is 0 Å². The number of carbonyl (C=O) groups is 2. The summed E-state index contributed by atoms with van der Waals surface area (Å²) in [6, 6.07) is 12.3. The van der Waals surface area contributed by atoms with E-state index in [9.17, 15) is 9.59 Å². The van der Waals surface area contributed by atoms with E-state index in [0.29, 0.717) is 17.5 Å². The molecular formula is C20H24N2O2S2. The molecular weight excluding hydrogens is 364 g/mol. The number of benzene rings is 1. The summed E-state index contributed by atoms with van der Waals surface area (Å²) in [5.74, 6) is 1.60. The molecule has 0 bridgehead atoms. The number of amides is 2. The molecule has 3 rings (SSSR count). The Kier molecular flexibility index (Phi) is 6.38. The van der Waals surface area contributed by atoms with E-state index < -0.39 is 0 Å². The first-order valence-electron chi connectivity index (χ1n) is 8.80. The molecule has 4 nitrogen and oxygen atoms in total. The Morgan fingerprint density at radius 2 is 2.00 bits per heavy atom. The summed E-state index contributed by atoms with van der Waals surface area (Å²) in [5.41, 5.74) is 2.37.